The number of Topliss-reactive ketones (excluding diaryl/α,β-unsaturated/α-hetero) is 1. The van der Waals surface area contributed by atoms with E-state index in [-0.39, 0.29) is 5.78 Å². The van der Waals surface area contributed by atoms with Gasteiger partial charge in [-0.3, -0.25) is 4.79 Å². The van der Waals surface area contributed by atoms with Crippen molar-refractivity contribution in [2.45, 2.75) is 6.92 Å². The molecular weight excluding hydrogens is 309 g/mol. The second-order valence-corrected chi connectivity index (χ2v) is 4.96. The van der Waals surface area contributed by atoms with Gasteiger partial charge in [0.05, 0.1) is 21.3 Å². The lowest BCUT2D eigenvalue weighted by atomic mass is 10.3. The van der Waals surface area contributed by atoms with Crippen LogP contribution in [0.2, 0.25) is 15.1 Å². The molecule has 0 bridgehead atoms. The SMILES string of the molecule is CC(=O)c1ccc(Oc2cc(Cl)c(Cl)cc2Cl)cn1. The Labute approximate surface area is 125 Å². The summed E-state index contributed by atoms with van der Waals surface area (Å²) >= 11 is 17.7. The van der Waals surface area contributed by atoms with Crippen molar-refractivity contribution in [3.8, 4) is 11.5 Å². The molecule has 2 aromatic rings. The number of rotatable bonds is 3. The molecule has 1 heterocycles. The summed E-state index contributed by atoms with van der Waals surface area (Å²) in [5.74, 6) is 0.706. The first-order valence-electron chi connectivity index (χ1n) is 5.27. The van der Waals surface area contributed by atoms with E-state index in [2.05, 4.69) is 4.98 Å². The van der Waals surface area contributed by atoms with Gasteiger partial charge < -0.3 is 4.74 Å². The Hall–Kier alpha value is -1.29. The number of carbonyl (C=O) groups is 1. The monoisotopic (exact) mass is 315 g/mol. The quantitative estimate of drug-likeness (QED) is 0.588. The lowest BCUT2D eigenvalue weighted by Gasteiger charge is -2.08. The van der Waals surface area contributed by atoms with Crippen molar-refractivity contribution in [3.63, 3.8) is 0 Å². The molecule has 98 valence electrons. The van der Waals surface area contributed by atoms with Crippen molar-refractivity contribution in [1.29, 1.82) is 0 Å². The van der Waals surface area contributed by atoms with Crippen LogP contribution >= 0.6 is 34.8 Å². The Morgan fingerprint density at radius 2 is 1.79 bits per heavy atom. The van der Waals surface area contributed by atoms with Crippen molar-refractivity contribution in [1.82, 2.24) is 4.98 Å². The van der Waals surface area contributed by atoms with Gasteiger partial charge in [-0.15, -0.1) is 0 Å². The normalized spacial score (nSPS) is 10.3. The number of benzene rings is 1. The predicted octanol–water partition coefficient (Wildman–Crippen LogP) is 5.04. The predicted molar refractivity (Wildman–Crippen MR) is 75.8 cm³/mol. The molecule has 0 unspecified atom stereocenters. The highest BCUT2D eigenvalue weighted by atomic mass is 35.5. The van der Waals surface area contributed by atoms with E-state index in [0.29, 0.717) is 32.3 Å². The molecule has 0 saturated carbocycles. The standard InChI is InChI=1S/C13H8Cl3NO2/c1-7(18)12-3-2-8(6-17-12)19-13-5-10(15)9(14)4-11(13)16/h2-6H,1H3. The highest BCUT2D eigenvalue weighted by Crippen LogP contribution is 2.36. The Morgan fingerprint density at radius 1 is 1.11 bits per heavy atom. The van der Waals surface area contributed by atoms with Gasteiger partial charge >= 0.3 is 0 Å². The molecule has 1 aromatic heterocycles. The smallest absolute Gasteiger partial charge is 0.178 e. The van der Waals surface area contributed by atoms with Gasteiger partial charge in [-0.2, -0.15) is 0 Å². The van der Waals surface area contributed by atoms with E-state index >= 15 is 0 Å². The summed E-state index contributed by atoms with van der Waals surface area (Å²) in [5.41, 5.74) is 0.368. The van der Waals surface area contributed by atoms with Crippen molar-refractivity contribution < 1.29 is 9.53 Å². The van der Waals surface area contributed by atoms with Gasteiger partial charge in [0.1, 0.15) is 17.2 Å². The van der Waals surface area contributed by atoms with E-state index in [1.165, 1.54) is 25.3 Å². The van der Waals surface area contributed by atoms with Gasteiger partial charge in [-0.05, 0) is 18.2 Å². The maximum atomic E-state index is 11.1. The molecule has 1 aromatic carbocycles. The molecule has 0 aliphatic carbocycles. The van der Waals surface area contributed by atoms with E-state index in [4.69, 9.17) is 39.5 Å². The number of hydrogen-bond acceptors (Lipinski definition) is 3. The third kappa shape index (κ3) is 3.38. The lowest BCUT2D eigenvalue weighted by Crippen LogP contribution is -1.96. The van der Waals surface area contributed by atoms with Crippen molar-refractivity contribution >= 4 is 40.6 Å². The Bertz CT molecular complexity index is 627. The average Bonchev–Trinajstić information content (AvgIpc) is 2.36. The summed E-state index contributed by atoms with van der Waals surface area (Å²) in [5, 5.41) is 1.03. The summed E-state index contributed by atoms with van der Waals surface area (Å²) in [6, 6.07) is 6.22. The summed E-state index contributed by atoms with van der Waals surface area (Å²) in [6.07, 6.45) is 1.44. The van der Waals surface area contributed by atoms with Gasteiger partial charge in [0.25, 0.3) is 0 Å². The number of pyridine rings is 1. The molecule has 0 N–H and O–H groups in total. The first-order chi connectivity index (χ1) is 8.97. The van der Waals surface area contributed by atoms with E-state index in [0.717, 1.165) is 0 Å². The van der Waals surface area contributed by atoms with Crippen molar-refractivity contribution in [2.24, 2.45) is 0 Å². The van der Waals surface area contributed by atoms with Crippen LogP contribution in [-0.4, -0.2) is 10.8 Å². The molecule has 0 radical (unpaired) electrons. The zero-order chi connectivity index (χ0) is 14.0. The van der Waals surface area contributed by atoms with Gasteiger partial charge in [0.15, 0.2) is 5.78 Å². The number of halogens is 3. The second-order valence-electron chi connectivity index (χ2n) is 3.73. The second kappa shape index (κ2) is 5.78. The van der Waals surface area contributed by atoms with Crippen LogP contribution in [0.25, 0.3) is 0 Å². The molecule has 0 amide bonds. The number of carbonyl (C=O) groups excluding carboxylic acids is 1. The molecule has 0 aliphatic rings. The third-order valence-corrected chi connectivity index (χ3v) is 3.32. The van der Waals surface area contributed by atoms with Gasteiger partial charge in [0, 0.05) is 13.0 Å². The molecule has 0 fully saturated rings. The van der Waals surface area contributed by atoms with Crippen LogP contribution in [0.4, 0.5) is 0 Å². The van der Waals surface area contributed by atoms with Gasteiger partial charge in [0.2, 0.25) is 0 Å². The van der Waals surface area contributed by atoms with Crippen molar-refractivity contribution in [2.75, 3.05) is 0 Å². The van der Waals surface area contributed by atoms with Crippen molar-refractivity contribution in [3.05, 3.63) is 51.2 Å². The number of hydrogen-bond donors (Lipinski definition) is 0. The highest BCUT2D eigenvalue weighted by molar-refractivity contribution is 6.43. The topological polar surface area (TPSA) is 39.2 Å². The molecule has 19 heavy (non-hydrogen) atoms. The maximum Gasteiger partial charge on any atom is 0.178 e. The minimum atomic E-state index is -0.112. The molecule has 0 saturated heterocycles. The number of ketones is 1. The molecule has 2 rings (SSSR count). The number of ether oxygens (including phenoxy) is 1. The zero-order valence-electron chi connectivity index (χ0n) is 9.78. The Balaban J connectivity index is 2.26. The molecule has 6 heteroatoms. The van der Waals surface area contributed by atoms with Crippen LogP contribution < -0.4 is 4.74 Å². The molecular formula is C13H8Cl3NO2. The van der Waals surface area contributed by atoms with E-state index < -0.39 is 0 Å². The number of aromatic nitrogens is 1. The third-order valence-electron chi connectivity index (χ3n) is 2.30. The highest BCUT2D eigenvalue weighted by Gasteiger charge is 2.09. The fourth-order valence-corrected chi connectivity index (χ4v) is 1.93. The van der Waals surface area contributed by atoms with E-state index in [1.54, 1.807) is 12.1 Å². The number of nitrogens with zero attached hydrogens (tertiary/aromatic N) is 1. The van der Waals surface area contributed by atoms with Crippen LogP contribution in [0, 0.1) is 0 Å². The molecule has 0 atom stereocenters. The first-order valence-corrected chi connectivity index (χ1v) is 6.40. The van der Waals surface area contributed by atoms with Crippen LogP contribution in [0.1, 0.15) is 17.4 Å². The maximum absolute atomic E-state index is 11.1. The fourth-order valence-electron chi connectivity index (χ4n) is 1.36. The van der Waals surface area contributed by atoms with E-state index in [9.17, 15) is 4.79 Å². The summed E-state index contributed by atoms with van der Waals surface area (Å²) in [6.45, 7) is 1.44. The zero-order valence-corrected chi connectivity index (χ0v) is 12.1. The van der Waals surface area contributed by atoms with Crippen LogP contribution in [0.5, 0.6) is 11.5 Å². The minimum absolute atomic E-state index is 0.112. The average molecular weight is 317 g/mol. The van der Waals surface area contributed by atoms with E-state index in [1.807, 2.05) is 0 Å². The fraction of sp³-hybridized carbons (Fsp3) is 0.0769. The molecule has 0 aliphatic heterocycles. The van der Waals surface area contributed by atoms with Crippen LogP contribution in [0.3, 0.4) is 0 Å². The van der Waals surface area contributed by atoms with Gasteiger partial charge in [-0.25, -0.2) is 4.98 Å². The molecule has 0 spiro atoms. The first kappa shape index (κ1) is 14.1. The summed E-state index contributed by atoms with van der Waals surface area (Å²) in [4.78, 5) is 15.1. The lowest BCUT2D eigenvalue weighted by molar-refractivity contribution is 0.101. The van der Waals surface area contributed by atoms with Crippen LogP contribution in [-0.2, 0) is 0 Å². The van der Waals surface area contributed by atoms with Crippen LogP contribution in [0.15, 0.2) is 30.5 Å². The van der Waals surface area contributed by atoms with Gasteiger partial charge in [-0.1, -0.05) is 34.8 Å². The summed E-state index contributed by atoms with van der Waals surface area (Å²) in [7, 11) is 0. The largest absolute Gasteiger partial charge is 0.454 e. The minimum Gasteiger partial charge on any atom is -0.454 e. The Morgan fingerprint density at radius 3 is 2.37 bits per heavy atom. The Kier molecular flexibility index (Phi) is 4.30. The molecule has 3 nitrogen and oxygen atoms in total. The summed E-state index contributed by atoms with van der Waals surface area (Å²) < 4.78 is 5.53.